The zero-order valence-electron chi connectivity index (χ0n) is 9.78. The van der Waals surface area contributed by atoms with E-state index < -0.39 is 0 Å². The van der Waals surface area contributed by atoms with E-state index in [4.69, 9.17) is 11.0 Å². The predicted molar refractivity (Wildman–Crippen MR) is 60.3 cm³/mol. The van der Waals surface area contributed by atoms with E-state index >= 15 is 0 Å². The van der Waals surface area contributed by atoms with Crippen LogP contribution in [0.2, 0.25) is 0 Å². The molecule has 15 heavy (non-hydrogen) atoms. The molecule has 4 heteroatoms. The number of nitrogen functional groups attached to an aromatic ring is 1. The maximum atomic E-state index is 9.01. The van der Waals surface area contributed by atoms with Gasteiger partial charge in [-0.3, -0.25) is 0 Å². The van der Waals surface area contributed by atoms with Crippen LogP contribution in [0, 0.1) is 17.2 Å². The summed E-state index contributed by atoms with van der Waals surface area (Å²) < 4.78 is 1.73. The normalized spacial score (nSPS) is 11.0. The lowest BCUT2D eigenvalue weighted by Gasteiger charge is -2.06. The maximum absolute atomic E-state index is 9.01. The van der Waals surface area contributed by atoms with Crippen LogP contribution in [-0.2, 0) is 6.54 Å². The van der Waals surface area contributed by atoms with E-state index in [1.165, 1.54) is 0 Å². The van der Waals surface area contributed by atoms with Crippen molar-refractivity contribution in [3.63, 3.8) is 0 Å². The molecular formula is C11H18N4. The Hall–Kier alpha value is -1.50. The highest BCUT2D eigenvalue weighted by Crippen LogP contribution is 2.23. The molecule has 0 aliphatic rings. The molecular weight excluding hydrogens is 188 g/mol. The number of hydrogen-bond donors (Lipinski definition) is 1. The molecule has 4 nitrogen and oxygen atoms in total. The van der Waals surface area contributed by atoms with Gasteiger partial charge < -0.3 is 5.73 Å². The summed E-state index contributed by atoms with van der Waals surface area (Å²) in [5.41, 5.74) is 7.21. The quantitative estimate of drug-likeness (QED) is 0.823. The van der Waals surface area contributed by atoms with Crippen molar-refractivity contribution in [1.82, 2.24) is 9.78 Å². The van der Waals surface area contributed by atoms with Crippen LogP contribution in [0.5, 0.6) is 0 Å². The summed E-state index contributed by atoms with van der Waals surface area (Å²) in [6.07, 6.45) is 0. The first kappa shape index (κ1) is 11.6. The lowest BCUT2D eigenvalue weighted by Crippen LogP contribution is -2.09. The fourth-order valence-corrected chi connectivity index (χ4v) is 1.50. The number of nitrogens with zero attached hydrogens (tertiary/aromatic N) is 3. The number of anilines is 1. The fourth-order valence-electron chi connectivity index (χ4n) is 1.50. The van der Waals surface area contributed by atoms with Crippen LogP contribution in [0.25, 0.3) is 0 Å². The molecule has 0 aliphatic carbocycles. The van der Waals surface area contributed by atoms with E-state index in [1.54, 1.807) is 4.68 Å². The van der Waals surface area contributed by atoms with E-state index in [0.717, 1.165) is 12.2 Å². The maximum Gasteiger partial charge on any atom is 0.140 e. The Balaban J connectivity index is 3.17. The first-order valence-corrected chi connectivity index (χ1v) is 5.23. The molecule has 0 aliphatic heterocycles. The van der Waals surface area contributed by atoms with Crippen molar-refractivity contribution >= 4 is 5.82 Å². The SMILES string of the molecule is CC(C)Cn1nc(C(C)C)c(C#N)c1N. The molecule has 82 valence electrons. The third-order valence-corrected chi connectivity index (χ3v) is 2.22. The van der Waals surface area contributed by atoms with Crippen molar-refractivity contribution in [2.24, 2.45) is 5.92 Å². The lowest BCUT2D eigenvalue weighted by molar-refractivity contribution is 0.483. The highest BCUT2D eigenvalue weighted by atomic mass is 15.3. The molecule has 0 bridgehead atoms. The van der Waals surface area contributed by atoms with Crippen LogP contribution in [0.1, 0.15) is 44.9 Å². The molecule has 0 spiro atoms. The largest absolute Gasteiger partial charge is 0.383 e. The number of aromatic nitrogens is 2. The molecule has 0 fully saturated rings. The molecule has 1 rings (SSSR count). The third kappa shape index (κ3) is 2.30. The van der Waals surface area contributed by atoms with Gasteiger partial charge in [0.05, 0.1) is 5.69 Å². The first-order chi connectivity index (χ1) is 6.97. The van der Waals surface area contributed by atoms with Crippen LogP contribution in [0.15, 0.2) is 0 Å². The standard InChI is InChI=1S/C11H18N4/c1-7(2)6-15-11(13)9(5-12)10(14-15)8(3)4/h7-8H,6,13H2,1-4H3. The summed E-state index contributed by atoms with van der Waals surface area (Å²) in [5, 5.41) is 13.4. The topological polar surface area (TPSA) is 67.6 Å². The van der Waals surface area contributed by atoms with Crippen molar-refractivity contribution in [1.29, 1.82) is 5.26 Å². The van der Waals surface area contributed by atoms with Gasteiger partial charge in [-0.05, 0) is 11.8 Å². The smallest absolute Gasteiger partial charge is 0.140 e. The first-order valence-electron chi connectivity index (χ1n) is 5.23. The van der Waals surface area contributed by atoms with Crippen LogP contribution in [-0.4, -0.2) is 9.78 Å². The van der Waals surface area contributed by atoms with E-state index in [-0.39, 0.29) is 5.92 Å². The van der Waals surface area contributed by atoms with Crippen molar-refractivity contribution in [3.8, 4) is 6.07 Å². The van der Waals surface area contributed by atoms with Gasteiger partial charge in [-0.1, -0.05) is 27.7 Å². The monoisotopic (exact) mass is 206 g/mol. The van der Waals surface area contributed by atoms with Gasteiger partial charge in [0.1, 0.15) is 17.5 Å². The molecule has 1 aromatic heterocycles. The summed E-state index contributed by atoms with van der Waals surface area (Å²) in [6.45, 7) is 8.99. The molecule has 0 radical (unpaired) electrons. The van der Waals surface area contributed by atoms with Gasteiger partial charge in [-0.15, -0.1) is 0 Å². The molecule has 0 saturated carbocycles. The highest BCUT2D eigenvalue weighted by molar-refractivity contribution is 5.52. The van der Waals surface area contributed by atoms with Crippen LogP contribution < -0.4 is 5.73 Å². The number of rotatable bonds is 3. The Kier molecular flexibility index (Phi) is 3.35. The molecule has 0 amide bonds. The molecule has 1 aromatic rings. The molecule has 0 atom stereocenters. The zero-order chi connectivity index (χ0) is 11.6. The number of nitriles is 1. The number of nitrogens with two attached hydrogens (primary N) is 1. The second kappa shape index (κ2) is 4.35. The van der Waals surface area contributed by atoms with Gasteiger partial charge in [0.25, 0.3) is 0 Å². The van der Waals surface area contributed by atoms with Crippen LogP contribution >= 0.6 is 0 Å². The Morgan fingerprint density at radius 1 is 1.40 bits per heavy atom. The summed E-state index contributed by atoms with van der Waals surface area (Å²) in [4.78, 5) is 0. The van der Waals surface area contributed by atoms with E-state index in [0.29, 0.717) is 17.3 Å². The van der Waals surface area contributed by atoms with Gasteiger partial charge >= 0.3 is 0 Å². The fraction of sp³-hybridized carbons (Fsp3) is 0.636. The van der Waals surface area contributed by atoms with E-state index in [2.05, 4.69) is 25.0 Å². The molecule has 0 saturated heterocycles. The van der Waals surface area contributed by atoms with Gasteiger partial charge in [-0.2, -0.15) is 10.4 Å². The molecule has 2 N–H and O–H groups in total. The summed E-state index contributed by atoms with van der Waals surface area (Å²) in [7, 11) is 0. The Labute approximate surface area is 90.7 Å². The van der Waals surface area contributed by atoms with E-state index in [9.17, 15) is 0 Å². The lowest BCUT2D eigenvalue weighted by atomic mass is 10.1. The van der Waals surface area contributed by atoms with Gasteiger partial charge in [0, 0.05) is 6.54 Å². The molecule has 0 unspecified atom stereocenters. The van der Waals surface area contributed by atoms with Crippen molar-refractivity contribution < 1.29 is 0 Å². The van der Waals surface area contributed by atoms with Crippen LogP contribution in [0.4, 0.5) is 5.82 Å². The van der Waals surface area contributed by atoms with Gasteiger partial charge in [-0.25, -0.2) is 4.68 Å². The summed E-state index contributed by atoms with van der Waals surface area (Å²) in [6, 6.07) is 2.13. The summed E-state index contributed by atoms with van der Waals surface area (Å²) >= 11 is 0. The van der Waals surface area contributed by atoms with Crippen molar-refractivity contribution in [3.05, 3.63) is 11.3 Å². The molecule has 0 aromatic carbocycles. The minimum atomic E-state index is 0.232. The average molecular weight is 206 g/mol. The second-order valence-corrected chi connectivity index (χ2v) is 4.49. The highest BCUT2D eigenvalue weighted by Gasteiger charge is 2.17. The Morgan fingerprint density at radius 2 is 2.00 bits per heavy atom. The average Bonchev–Trinajstić information content (AvgIpc) is 2.43. The molecule has 1 heterocycles. The Morgan fingerprint density at radius 3 is 2.33 bits per heavy atom. The second-order valence-electron chi connectivity index (χ2n) is 4.49. The Bertz CT molecular complexity index is 382. The van der Waals surface area contributed by atoms with Crippen LogP contribution in [0.3, 0.4) is 0 Å². The minimum Gasteiger partial charge on any atom is -0.383 e. The van der Waals surface area contributed by atoms with Gasteiger partial charge in [0.2, 0.25) is 0 Å². The summed E-state index contributed by atoms with van der Waals surface area (Å²) in [5.74, 6) is 1.20. The van der Waals surface area contributed by atoms with Crippen molar-refractivity contribution in [2.75, 3.05) is 5.73 Å². The minimum absolute atomic E-state index is 0.232. The van der Waals surface area contributed by atoms with E-state index in [1.807, 2.05) is 13.8 Å². The van der Waals surface area contributed by atoms with Gasteiger partial charge in [0.15, 0.2) is 0 Å². The van der Waals surface area contributed by atoms with Crippen molar-refractivity contribution in [2.45, 2.75) is 40.2 Å². The zero-order valence-corrected chi connectivity index (χ0v) is 9.78. The third-order valence-electron chi connectivity index (χ3n) is 2.22. The number of hydrogen-bond acceptors (Lipinski definition) is 3. The predicted octanol–water partition coefficient (Wildman–Crippen LogP) is 2.12.